The van der Waals surface area contributed by atoms with E-state index < -0.39 is 0 Å². The second-order valence-corrected chi connectivity index (χ2v) is 9.67. The maximum Gasteiger partial charge on any atom is 0.256 e. The van der Waals surface area contributed by atoms with E-state index in [0.717, 1.165) is 31.4 Å². The van der Waals surface area contributed by atoms with E-state index in [-0.39, 0.29) is 34.6 Å². The van der Waals surface area contributed by atoms with Gasteiger partial charge in [-0.1, -0.05) is 39.8 Å². The number of nitrogens with one attached hydrogen (secondary N) is 2. The van der Waals surface area contributed by atoms with Gasteiger partial charge in [-0.15, -0.1) is 0 Å². The largest absolute Gasteiger partial charge is 0.361 e. The first kappa shape index (κ1) is 19.9. The maximum absolute atomic E-state index is 12.7. The summed E-state index contributed by atoms with van der Waals surface area (Å²) in [5, 5.41) is 10.3. The van der Waals surface area contributed by atoms with Crippen molar-refractivity contribution in [2.45, 2.75) is 78.7 Å². The molecule has 2 amide bonds. The van der Waals surface area contributed by atoms with Crippen LogP contribution in [0.25, 0.3) is 0 Å². The highest BCUT2D eigenvalue weighted by Gasteiger charge is 2.46. The second kappa shape index (κ2) is 6.95. The third-order valence-electron chi connectivity index (χ3n) is 6.44. The van der Waals surface area contributed by atoms with Gasteiger partial charge in [-0.05, 0) is 43.9 Å². The minimum Gasteiger partial charge on any atom is -0.361 e. The summed E-state index contributed by atoms with van der Waals surface area (Å²) >= 11 is 0. The van der Waals surface area contributed by atoms with Gasteiger partial charge in [0.25, 0.3) is 5.91 Å². The fourth-order valence-electron chi connectivity index (χ4n) is 3.49. The summed E-state index contributed by atoms with van der Waals surface area (Å²) in [6.07, 6.45) is 3.92. The fourth-order valence-corrected chi connectivity index (χ4v) is 3.49. The minimum atomic E-state index is -0.302. The van der Waals surface area contributed by atoms with Crippen LogP contribution in [0.1, 0.15) is 88.0 Å². The van der Waals surface area contributed by atoms with E-state index in [4.69, 9.17) is 4.52 Å². The third kappa shape index (κ3) is 4.36. The molecular formula is C21H33N3O3. The van der Waals surface area contributed by atoms with E-state index in [1.54, 1.807) is 6.92 Å². The van der Waals surface area contributed by atoms with Gasteiger partial charge in [0.2, 0.25) is 5.91 Å². The molecule has 3 rings (SSSR count). The minimum absolute atomic E-state index is 0.0695. The summed E-state index contributed by atoms with van der Waals surface area (Å²) in [4.78, 5) is 25.4. The van der Waals surface area contributed by atoms with Crippen LogP contribution in [0.3, 0.4) is 0 Å². The molecule has 2 N–H and O–H groups in total. The Balaban J connectivity index is 1.57. The van der Waals surface area contributed by atoms with Crippen molar-refractivity contribution in [2.24, 2.45) is 17.3 Å². The van der Waals surface area contributed by atoms with E-state index in [1.807, 2.05) is 6.92 Å². The number of aryl methyl sites for hydroxylation is 1. The highest BCUT2D eigenvalue weighted by molar-refractivity contribution is 5.96. The van der Waals surface area contributed by atoms with E-state index >= 15 is 0 Å². The van der Waals surface area contributed by atoms with Crippen molar-refractivity contribution in [3.63, 3.8) is 0 Å². The number of aromatic nitrogens is 1. The van der Waals surface area contributed by atoms with Gasteiger partial charge in [0, 0.05) is 18.4 Å². The molecule has 150 valence electrons. The van der Waals surface area contributed by atoms with E-state index in [9.17, 15) is 9.59 Å². The topological polar surface area (TPSA) is 84.2 Å². The summed E-state index contributed by atoms with van der Waals surface area (Å²) in [6, 6.07) is 0. The lowest BCUT2D eigenvalue weighted by Gasteiger charge is -2.32. The zero-order valence-electron chi connectivity index (χ0n) is 17.4. The molecule has 2 fully saturated rings. The van der Waals surface area contributed by atoms with Crippen LogP contribution in [0.15, 0.2) is 4.52 Å². The average molecular weight is 376 g/mol. The Bertz CT molecular complexity index is 724. The van der Waals surface area contributed by atoms with Crippen molar-refractivity contribution in [1.29, 1.82) is 0 Å². The molecule has 1 aromatic rings. The number of nitrogens with zero attached hydrogens (tertiary/aromatic N) is 1. The number of carbonyl (C=O) groups excluding carboxylic acids is 2. The van der Waals surface area contributed by atoms with Gasteiger partial charge in [0.15, 0.2) is 0 Å². The molecule has 1 aromatic heterocycles. The van der Waals surface area contributed by atoms with Gasteiger partial charge < -0.3 is 15.2 Å². The maximum atomic E-state index is 12.7. The summed E-state index contributed by atoms with van der Waals surface area (Å²) in [5.74, 6) is 1.05. The van der Waals surface area contributed by atoms with Crippen LogP contribution in [-0.2, 0) is 4.79 Å². The van der Waals surface area contributed by atoms with Crippen LogP contribution in [0, 0.1) is 24.2 Å². The van der Waals surface area contributed by atoms with Crippen molar-refractivity contribution in [3.05, 3.63) is 17.0 Å². The Morgan fingerprint density at radius 2 is 1.89 bits per heavy atom. The van der Waals surface area contributed by atoms with E-state index in [2.05, 4.69) is 43.5 Å². The predicted octanol–water partition coefficient (Wildman–Crippen LogP) is 3.56. The molecule has 27 heavy (non-hydrogen) atoms. The Labute approximate surface area is 161 Å². The van der Waals surface area contributed by atoms with Gasteiger partial charge in [-0.2, -0.15) is 0 Å². The number of amides is 2. The highest BCUT2D eigenvalue weighted by Crippen LogP contribution is 2.42. The van der Waals surface area contributed by atoms with Crippen molar-refractivity contribution in [3.8, 4) is 0 Å². The van der Waals surface area contributed by atoms with Gasteiger partial charge in [-0.3, -0.25) is 9.59 Å². The molecule has 0 radical (unpaired) electrons. The lowest BCUT2D eigenvalue weighted by Crippen LogP contribution is -2.49. The summed E-state index contributed by atoms with van der Waals surface area (Å²) in [7, 11) is 0. The highest BCUT2D eigenvalue weighted by atomic mass is 16.5. The lowest BCUT2D eigenvalue weighted by atomic mass is 9.74. The number of hydrogen-bond donors (Lipinski definition) is 2. The molecule has 0 aromatic carbocycles. The number of carbonyl (C=O) groups is 2. The van der Waals surface area contributed by atoms with Crippen LogP contribution in [0.4, 0.5) is 0 Å². The molecule has 0 bridgehead atoms. The van der Waals surface area contributed by atoms with E-state index in [0.29, 0.717) is 23.8 Å². The van der Waals surface area contributed by atoms with Gasteiger partial charge >= 0.3 is 0 Å². The lowest BCUT2D eigenvalue weighted by molar-refractivity contribution is -0.128. The van der Waals surface area contributed by atoms with Crippen LogP contribution < -0.4 is 10.6 Å². The Morgan fingerprint density at radius 3 is 2.41 bits per heavy atom. The summed E-state index contributed by atoms with van der Waals surface area (Å²) in [6.45, 7) is 12.8. The van der Waals surface area contributed by atoms with Crippen LogP contribution in [-0.4, -0.2) is 29.1 Å². The van der Waals surface area contributed by atoms with Crippen LogP contribution >= 0.6 is 0 Å². The standard InChI is InChI=1S/C21H33N3O3/c1-12(13(2)20(4,5)6)18(25)23-21(9-10-21)11-22-19(26)16-14(3)27-24-17(16)15-7-8-15/h12-13,15H,7-11H2,1-6H3,(H,22,26)(H,23,25). The summed E-state index contributed by atoms with van der Waals surface area (Å²) in [5.41, 5.74) is 1.14. The van der Waals surface area contributed by atoms with Gasteiger partial charge in [-0.25, -0.2) is 0 Å². The van der Waals surface area contributed by atoms with Crippen molar-refractivity contribution in [1.82, 2.24) is 15.8 Å². The third-order valence-corrected chi connectivity index (χ3v) is 6.44. The molecular weight excluding hydrogens is 342 g/mol. The molecule has 2 aliphatic carbocycles. The zero-order chi connectivity index (χ0) is 20.0. The van der Waals surface area contributed by atoms with Crippen molar-refractivity contribution >= 4 is 11.8 Å². The monoisotopic (exact) mass is 375 g/mol. The Kier molecular flexibility index (Phi) is 5.12. The quantitative estimate of drug-likeness (QED) is 0.763. The zero-order valence-corrected chi connectivity index (χ0v) is 17.4. The SMILES string of the molecule is Cc1onc(C2CC2)c1C(=O)NCC1(NC(=O)C(C)C(C)C(C)(C)C)CC1. The van der Waals surface area contributed by atoms with Crippen LogP contribution in [0.5, 0.6) is 0 Å². The molecule has 6 nitrogen and oxygen atoms in total. The molecule has 6 heteroatoms. The van der Waals surface area contributed by atoms with Gasteiger partial charge in [0.05, 0.1) is 11.2 Å². The number of hydrogen-bond acceptors (Lipinski definition) is 4. The van der Waals surface area contributed by atoms with E-state index in [1.165, 1.54) is 0 Å². The molecule has 1 heterocycles. The Morgan fingerprint density at radius 1 is 1.26 bits per heavy atom. The van der Waals surface area contributed by atoms with Crippen molar-refractivity contribution < 1.29 is 14.1 Å². The van der Waals surface area contributed by atoms with Crippen molar-refractivity contribution in [2.75, 3.05) is 6.54 Å². The molecule has 2 aliphatic rings. The number of rotatable bonds is 7. The normalized spacial score (nSPS) is 20.7. The average Bonchev–Trinajstić information content (AvgIpc) is 3.51. The molecule has 2 saturated carbocycles. The first-order valence-corrected chi connectivity index (χ1v) is 10.1. The van der Waals surface area contributed by atoms with Gasteiger partial charge in [0.1, 0.15) is 11.3 Å². The molecule has 0 aliphatic heterocycles. The Hall–Kier alpha value is -1.85. The smallest absolute Gasteiger partial charge is 0.256 e. The first-order chi connectivity index (χ1) is 12.5. The molecule has 2 unspecified atom stereocenters. The molecule has 0 spiro atoms. The first-order valence-electron chi connectivity index (χ1n) is 10.1. The fraction of sp³-hybridized carbons (Fsp3) is 0.762. The van der Waals surface area contributed by atoms with Crippen LogP contribution in [0.2, 0.25) is 0 Å². The predicted molar refractivity (Wildman–Crippen MR) is 103 cm³/mol. The molecule has 2 atom stereocenters. The molecule has 0 saturated heterocycles. The second-order valence-electron chi connectivity index (χ2n) is 9.67. The summed E-state index contributed by atoms with van der Waals surface area (Å²) < 4.78 is 5.24.